The number of hydrogen-bond acceptors (Lipinski definition) is 22. The number of alkyl halides is 4. The van der Waals surface area contributed by atoms with Crippen molar-refractivity contribution < 1.29 is 95.3 Å². The van der Waals surface area contributed by atoms with Crippen LogP contribution in [0.4, 0.5) is 0 Å². The first-order valence-corrected chi connectivity index (χ1v) is 40.6. The van der Waals surface area contributed by atoms with Crippen LogP contribution in [0.5, 0.6) is 0 Å². The van der Waals surface area contributed by atoms with Gasteiger partial charge >= 0.3 is 23.9 Å². The van der Waals surface area contributed by atoms with E-state index >= 15 is 0 Å². The number of carboxylic acids is 1. The van der Waals surface area contributed by atoms with Crippen molar-refractivity contribution in [2.75, 3.05) is 86.7 Å². The number of hydrogen-bond donors (Lipinski definition) is 3. The molecule has 26 nitrogen and oxygen atoms in total. The molecule has 0 aliphatic carbocycles. The summed E-state index contributed by atoms with van der Waals surface area (Å²) < 4.78 is 62.7. The summed E-state index contributed by atoms with van der Waals surface area (Å²) in [6, 6.07) is 29.0. The topological polar surface area (TPSA) is 382 Å². The summed E-state index contributed by atoms with van der Waals surface area (Å²) in [6.07, 6.45) is 21.8. The number of carbonyl (C=O) groups excluding carboxylic acids is 3. The second-order valence-corrected chi connectivity index (χ2v) is 28.7. The van der Waals surface area contributed by atoms with Gasteiger partial charge in [0.05, 0.1) is 47.4 Å². The minimum Gasteiger partial charge on any atom is -0.478 e. The molecule has 0 aromatic heterocycles. The van der Waals surface area contributed by atoms with E-state index in [9.17, 15) is 71.5 Å². The van der Waals surface area contributed by atoms with Crippen LogP contribution in [0.2, 0.25) is 0 Å². The van der Waals surface area contributed by atoms with Crippen molar-refractivity contribution >= 4 is 130 Å². The van der Waals surface area contributed by atoms with Crippen molar-refractivity contribution in [1.82, 2.24) is 0 Å². The van der Waals surface area contributed by atoms with Crippen LogP contribution in [0.3, 0.4) is 0 Å². The molecule has 0 bridgehead atoms. The van der Waals surface area contributed by atoms with Gasteiger partial charge in [0.1, 0.15) is 13.2 Å². The van der Waals surface area contributed by atoms with Crippen molar-refractivity contribution in [2.45, 2.75) is 152 Å². The first-order valence-electron chi connectivity index (χ1n) is 32.3. The van der Waals surface area contributed by atoms with E-state index in [1.807, 2.05) is 0 Å². The third-order valence-corrected chi connectivity index (χ3v) is 17.7. The Labute approximate surface area is 621 Å². The fourth-order valence-electron chi connectivity index (χ4n) is 8.24. The Balaban J connectivity index is 0. The fourth-order valence-corrected chi connectivity index (χ4v) is 11.1. The molecular formula is C68H97Br4N3O23S2. The highest BCUT2D eigenvalue weighted by molar-refractivity contribution is 9.09. The zero-order chi connectivity index (χ0) is 75.4. The third-order valence-electron chi connectivity index (χ3n) is 13.2. The van der Waals surface area contributed by atoms with E-state index in [-0.39, 0.29) is 66.2 Å². The zero-order valence-electron chi connectivity index (χ0n) is 57.2. The van der Waals surface area contributed by atoms with Crippen LogP contribution in [-0.2, 0) is 67.6 Å². The molecule has 0 radical (unpaired) electrons. The fraction of sp³-hybridized carbons (Fsp3) is 0.529. The van der Waals surface area contributed by atoms with Crippen molar-refractivity contribution in [1.29, 1.82) is 0 Å². The molecule has 0 aliphatic rings. The largest absolute Gasteiger partial charge is 0.478 e. The van der Waals surface area contributed by atoms with Crippen molar-refractivity contribution in [3.63, 3.8) is 0 Å². The van der Waals surface area contributed by atoms with Crippen molar-refractivity contribution in [2.24, 2.45) is 0 Å². The third kappa shape index (κ3) is 51.7. The maximum absolute atomic E-state index is 13.2. The lowest BCUT2D eigenvalue weighted by atomic mass is 9.95. The summed E-state index contributed by atoms with van der Waals surface area (Å²) in [7, 11) is -6.80. The van der Waals surface area contributed by atoms with Gasteiger partial charge in [-0.1, -0.05) is 206 Å². The van der Waals surface area contributed by atoms with Gasteiger partial charge in [0.2, 0.25) is 0 Å². The van der Waals surface area contributed by atoms with Gasteiger partial charge < -0.3 is 44.0 Å². The molecule has 4 rings (SSSR count). The molecular weight excluding hydrogens is 1610 g/mol. The Hall–Kier alpha value is -6.42. The number of halogens is 4. The Morgan fingerprint density at radius 1 is 0.390 bits per heavy atom. The summed E-state index contributed by atoms with van der Waals surface area (Å²) in [5.41, 5.74) is 2.80. The van der Waals surface area contributed by atoms with Crippen LogP contribution in [0.25, 0.3) is 22.3 Å². The number of ether oxygens (including phenoxy) is 3. The van der Waals surface area contributed by atoms with E-state index in [0.717, 1.165) is 98.0 Å². The molecule has 0 saturated carbocycles. The monoisotopic (exact) mass is 1700 g/mol. The number of carboxylic acid groups (broad SMARTS) is 1. The van der Waals surface area contributed by atoms with Crippen LogP contribution in [0.15, 0.2) is 119 Å². The molecule has 3 N–H and O–H groups in total. The van der Waals surface area contributed by atoms with Crippen LogP contribution < -0.4 is 0 Å². The number of aliphatic carboxylic acids is 1. The lowest BCUT2D eigenvalue weighted by molar-refractivity contribution is -0.757. The van der Waals surface area contributed by atoms with Gasteiger partial charge in [0.25, 0.3) is 15.3 Å². The Bertz CT molecular complexity index is 3160. The van der Waals surface area contributed by atoms with Crippen LogP contribution in [0.1, 0.15) is 165 Å². The highest BCUT2D eigenvalue weighted by Crippen LogP contribution is 2.31. The molecule has 0 amide bonds. The Morgan fingerprint density at radius 3 is 0.940 bits per heavy atom. The summed E-state index contributed by atoms with van der Waals surface area (Å²) in [4.78, 5) is 90.2. The normalized spacial score (nSPS) is 11.1. The van der Waals surface area contributed by atoms with Gasteiger partial charge in [0.15, 0.2) is 19.7 Å². The number of aliphatic hydroxyl groups is 2. The van der Waals surface area contributed by atoms with Crippen LogP contribution >= 0.6 is 63.7 Å². The first kappa shape index (κ1) is 95.6. The Kier molecular flexibility index (Phi) is 58.6. The minimum atomic E-state index is -3.42. The van der Waals surface area contributed by atoms with Gasteiger partial charge in [0, 0.05) is 72.0 Å². The van der Waals surface area contributed by atoms with Crippen molar-refractivity contribution in [3.05, 3.63) is 162 Å². The number of carbonyl (C=O) groups is 4. The maximum Gasteiger partial charge on any atom is 0.339 e. The quantitative estimate of drug-likeness (QED) is 0.00541. The smallest absolute Gasteiger partial charge is 0.339 e. The van der Waals surface area contributed by atoms with E-state index in [4.69, 9.17) is 24.4 Å². The van der Waals surface area contributed by atoms with Gasteiger partial charge in [-0.15, -0.1) is 30.3 Å². The summed E-state index contributed by atoms with van der Waals surface area (Å²) in [5, 5.41) is 57.8. The number of unbranched alkanes of at least 4 members (excludes halogenated alkanes) is 15. The standard InChI is InChI=1S/C25H29NO9S.C19H18O6S.2C6H12BrNO3.2C6H13BrO/c1-19(27)34-18-23(20-12-14-22(15-13-20)36(2,31)32)24(21-10-6-5-7-11-21)25(28)33-16-8-3-4-9-17-35-26(29)30;1-13(20)25-12-17(14-8-10-16(11-9-14)26(2,23)24)18(19(21)22)15-6-4-3-5-7-15;2*7-5-3-1-2-4-6-11-8(9)10;2*7-5-3-1-2-4-6-8/h5-7,10-15H,3-4,8-9,16-18H2,1-2H3;3-11H,12H2,1-2H3,(H,21,22);2*1-6H2;2*8H,1-6H2/b24-23+;18-17+;;;;. The van der Waals surface area contributed by atoms with E-state index in [1.165, 1.54) is 88.8 Å². The lowest BCUT2D eigenvalue weighted by Gasteiger charge is -2.16. The molecule has 0 atom stereocenters. The molecule has 4 aromatic rings. The molecule has 4 aromatic carbocycles. The molecule has 562 valence electrons. The molecule has 0 heterocycles. The average molecular weight is 1710 g/mol. The molecule has 0 aliphatic heterocycles. The van der Waals surface area contributed by atoms with Crippen LogP contribution in [0, 0.1) is 30.3 Å². The number of benzene rings is 4. The van der Waals surface area contributed by atoms with Gasteiger partial charge in [-0.2, -0.15) is 0 Å². The first-order chi connectivity index (χ1) is 47.7. The van der Waals surface area contributed by atoms with E-state index in [2.05, 4.69) is 78.2 Å². The summed E-state index contributed by atoms with van der Waals surface area (Å²) in [5.74, 6) is -2.88. The number of esters is 3. The average Bonchev–Trinajstić information content (AvgIpc) is 0.815. The molecule has 0 saturated heterocycles. The predicted molar refractivity (Wildman–Crippen MR) is 398 cm³/mol. The SMILES string of the molecule is CC(=O)OC/C(=C(\C(=O)O)c1ccccc1)c1ccc(S(C)(=O)=O)cc1.CC(=O)OC/C(=C(\C(=O)OCCCCCCO[N+](=O)[O-])c1ccccc1)c1ccc(S(C)(=O)=O)cc1.O=[N+]([O-])OCCCCCCBr.O=[N+]([O-])OCCCCCCBr.OCCCCCCBr.OCCCCCCBr. The molecule has 0 unspecified atom stereocenters. The van der Waals surface area contributed by atoms with Gasteiger partial charge in [-0.25, -0.2) is 26.4 Å². The number of aliphatic hydroxyl groups excluding tert-OH is 2. The number of sulfone groups is 2. The number of nitrogens with zero attached hydrogens (tertiary/aromatic N) is 3. The second-order valence-electron chi connectivity index (χ2n) is 21.5. The highest BCUT2D eigenvalue weighted by Gasteiger charge is 2.23. The molecule has 100 heavy (non-hydrogen) atoms. The molecule has 0 spiro atoms. The van der Waals surface area contributed by atoms with Crippen molar-refractivity contribution in [3.8, 4) is 0 Å². The molecule has 32 heteroatoms. The second kappa shape index (κ2) is 61.3. The van der Waals surface area contributed by atoms with E-state index < -0.39 is 58.8 Å². The number of rotatable bonds is 44. The van der Waals surface area contributed by atoms with Gasteiger partial charge in [-0.3, -0.25) is 9.59 Å². The summed E-state index contributed by atoms with van der Waals surface area (Å²) >= 11 is 13.3. The maximum atomic E-state index is 13.2. The Morgan fingerprint density at radius 2 is 0.670 bits per heavy atom. The van der Waals surface area contributed by atoms with Gasteiger partial charge in [-0.05, 0) is 117 Å². The highest BCUT2D eigenvalue weighted by atomic mass is 79.9. The van der Waals surface area contributed by atoms with E-state index in [1.54, 1.807) is 72.8 Å². The summed E-state index contributed by atoms with van der Waals surface area (Å²) in [6.45, 7) is 3.32. The minimum absolute atomic E-state index is 0.0149. The molecule has 0 fully saturated rings. The van der Waals surface area contributed by atoms with Crippen LogP contribution in [-0.4, -0.2) is 158 Å². The lowest BCUT2D eigenvalue weighted by Crippen LogP contribution is -2.14. The van der Waals surface area contributed by atoms with E-state index in [0.29, 0.717) is 66.7 Å². The predicted octanol–water partition coefficient (Wildman–Crippen LogP) is 14.7. The zero-order valence-corrected chi connectivity index (χ0v) is 65.2.